The summed E-state index contributed by atoms with van der Waals surface area (Å²) in [5.41, 5.74) is 1.67. The van der Waals surface area contributed by atoms with Gasteiger partial charge in [-0.05, 0) is 86.3 Å². The van der Waals surface area contributed by atoms with E-state index in [1.54, 1.807) is 30.4 Å². The lowest BCUT2D eigenvalue weighted by Crippen LogP contribution is -2.36. The van der Waals surface area contributed by atoms with Crippen molar-refractivity contribution < 1.29 is 19.4 Å². The zero-order chi connectivity index (χ0) is 23.8. The molecule has 2 aromatic rings. The Morgan fingerprint density at radius 3 is 2.67 bits per heavy atom. The number of phenols is 2. The SMILES string of the molecule is C=C1CCCC(C)(C)C1CC[C@]1(C)C=Cc2c(cc(/C=C/c3ccc(O)c(O)c3)oc2=O)O1. The molecule has 2 heterocycles. The molecule has 0 spiro atoms. The molecule has 0 radical (unpaired) electrons. The molecule has 0 bridgehead atoms. The van der Waals surface area contributed by atoms with Gasteiger partial charge < -0.3 is 19.4 Å². The number of fused-ring (bicyclic) bond motifs is 1. The van der Waals surface area contributed by atoms with Gasteiger partial charge in [0.1, 0.15) is 22.7 Å². The van der Waals surface area contributed by atoms with E-state index >= 15 is 0 Å². The van der Waals surface area contributed by atoms with Crippen molar-refractivity contribution >= 4 is 18.2 Å². The molecule has 174 valence electrons. The number of rotatable bonds is 5. The first-order valence-electron chi connectivity index (χ1n) is 11.5. The van der Waals surface area contributed by atoms with Gasteiger partial charge in [-0.2, -0.15) is 0 Å². The second-order valence-electron chi connectivity index (χ2n) is 10.1. The molecular formula is C28H32O5. The van der Waals surface area contributed by atoms with E-state index in [1.807, 2.05) is 13.0 Å². The first kappa shape index (κ1) is 23.0. The second-order valence-corrected chi connectivity index (χ2v) is 10.1. The van der Waals surface area contributed by atoms with Gasteiger partial charge in [-0.15, -0.1) is 0 Å². The number of aromatic hydroxyl groups is 2. The summed E-state index contributed by atoms with van der Waals surface area (Å²) in [5, 5.41) is 19.1. The summed E-state index contributed by atoms with van der Waals surface area (Å²) in [6, 6.07) is 6.20. The van der Waals surface area contributed by atoms with Crippen LogP contribution in [0.5, 0.6) is 17.2 Å². The molecule has 5 heteroatoms. The number of ether oxygens (including phenoxy) is 1. The van der Waals surface area contributed by atoms with Crippen LogP contribution in [0, 0.1) is 11.3 Å². The Kier molecular flexibility index (Phi) is 6.00. The largest absolute Gasteiger partial charge is 0.504 e. The van der Waals surface area contributed by atoms with Gasteiger partial charge in [-0.1, -0.05) is 38.1 Å². The number of phenolic OH excluding ortho intramolecular Hbond substituents is 2. The molecule has 1 aliphatic carbocycles. The Labute approximate surface area is 194 Å². The number of benzene rings is 1. The topological polar surface area (TPSA) is 79.9 Å². The minimum atomic E-state index is -0.516. The van der Waals surface area contributed by atoms with E-state index in [0.29, 0.717) is 28.6 Å². The molecule has 1 aromatic heterocycles. The normalized spacial score (nSPS) is 24.0. The first-order chi connectivity index (χ1) is 15.6. The van der Waals surface area contributed by atoms with Crippen LogP contribution in [0.3, 0.4) is 0 Å². The maximum atomic E-state index is 12.5. The fourth-order valence-corrected chi connectivity index (χ4v) is 5.02. The molecule has 2 atom stereocenters. The van der Waals surface area contributed by atoms with Crippen LogP contribution in [-0.4, -0.2) is 15.8 Å². The van der Waals surface area contributed by atoms with Gasteiger partial charge >= 0.3 is 5.63 Å². The van der Waals surface area contributed by atoms with Gasteiger partial charge in [0, 0.05) is 6.07 Å². The van der Waals surface area contributed by atoms with Gasteiger partial charge in [0.2, 0.25) is 0 Å². The molecule has 1 fully saturated rings. The molecule has 1 aliphatic heterocycles. The van der Waals surface area contributed by atoms with Crippen molar-refractivity contribution in [2.45, 2.75) is 58.5 Å². The lowest BCUT2D eigenvalue weighted by molar-refractivity contribution is 0.0979. The minimum absolute atomic E-state index is 0.188. The smallest absolute Gasteiger partial charge is 0.347 e. The van der Waals surface area contributed by atoms with Crippen LogP contribution >= 0.6 is 0 Å². The zero-order valence-electron chi connectivity index (χ0n) is 19.6. The van der Waals surface area contributed by atoms with Gasteiger partial charge in [-0.25, -0.2) is 4.79 Å². The molecule has 5 nitrogen and oxygen atoms in total. The van der Waals surface area contributed by atoms with Crippen molar-refractivity contribution in [1.82, 2.24) is 0 Å². The van der Waals surface area contributed by atoms with Crippen LogP contribution in [-0.2, 0) is 0 Å². The molecule has 1 saturated carbocycles. The molecular weight excluding hydrogens is 416 g/mol. The maximum Gasteiger partial charge on any atom is 0.347 e. The predicted molar refractivity (Wildman–Crippen MR) is 131 cm³/mol. The summed E-state index contributed by atoms with van der Waals surface area (Å²) in [6.07, 6.45) is 12.4. The molecule has 1 unspecified atom stereocenters. The molecule has 0 saturated heterocycles. The van der Waals surface area contributed by atoms with Gasteiger partial charge in [0.25, 0.3) is 0 Å². The van der Waals surface area contributed by atoms with Crippen molar-refractivity contribution in [3.63, 3.8) is 0 Å². The highest BCUT2D eigenvalue weighted by atomic mass is 16.5. The van der Waals surface area contributed by atoms with E-state index in [4.69, 9.17) is 9.15 Å². The van der Waals surface area contributed by atoms with Crippen LogP contribution in [0.2, 0.25) is 0 Å². The van der Waals surface area contributed by atoms with Crippen LogP contribution in [0.1, 0.15) is 69.8 Å². The number of hydrogen-bond acceptors (Lipinski definition) is 5. The highest BCUT2D eigenvalue weighted by Gasteiger charge is 2.37. The summed E-state index contributed by atoms with van der Waals surface area (Å²) in [5.74, 6) is 0.920. The summed E-state index contributed by atoms with van der Waals surface area (Å²) in [6.45, 7) is 11.0. The second kappa shape index (κ2) is 8.62. The highest BCUT2D eigenvalue weighted by molar-refractivity contribution is 5.70. The van der Waals surface area contributed by atoms with Crippen molar-refractivity contribution in [3.05, 3.63) is 69.8 Å². The highest BCUT2D eigenvalue weighted by Crippen LogP contribution is 2.46. The average Bonchev–Trinajstić information content (AvgIpc) is 2.73. The minimum Gasteiger partial charge on any atom is -0.504 e. The Bertz CT molecular complexity index is 1180. The van der Waals surface area contributed by atoms with E-state index in [1.165, 1.54) is 30.5 Å². The van der Waals surface area contributed by atoms with Crippen LogP contribution in [0.25, 0.3) is 18.2 Å². The summed E-state index contributed by atoms with van der Waals surface area (Å²) in [4.78, 5) is 12.5. The third kappa shape index (κ3) is 4.92. The molecule has 4 rings (SSSR count). The zero-order valence-corrected chi connectivity index (χ0v) is 19.6. The van der Waals surface area contributed by atoms with Crippen molar-refractivity contribution in [3.8, 4) is 17.2 Å². The fraction of sp³-hybridized carbons (Fsp3) is 0.393. The molecule has 1 aromatic carbocycles. The van der Waals surface area contributed by atoms with Gasteiger partial charge in [-0.3, -0.25) is 0 Å². The Balaban J connectivity index is 1.52. The third-order valence-electron chi connectivity index (χ3n) is 7.04. The summed E-state index contributed by atoms with van der Waals surface area (Å²) >= 11 is 0. The van der Waals surface area contributed by atoms with Gasteiger partial charge in [0.05, 0.1) is 0 Å². The number of allylic oxidation sites excluding steroid dienone is 1. The maximum absolute atomic E-state index is 12.5. The molecule has 2 aliphatic rings. The van der Waals surface area contributed by atoms with Crippen molar-refractivity contribution in [2.75, 3.05) is 0 Å². The summed E-state index contributed by atoms with van der Waals surface area (Å²) in [7, 11) is 0. The molecule has 2 N–H and O–H groups in total. The fourth-order valence-electron chi connectivity index (χ4n) is 5.02. The Hall–Kier alpha value is -3.21. The average molecular weight is 449 g/mol. The standard InChI is InChI=1S/C28H32O5/c1-18-6-5-13-27(2,3)22(18)12-15-28(4)14-11-21-25(33-28)17-20(32-26(21)31)9-7-19-8-10-23(29)24(30)16-19/h7-11,14,16-17,22,29-30H,1,5-6,12-13,15H2,2-4H3/b9-7+/t22?,28-/m0/s1. The van der Waals surface area contributed by atoms with Gasteiger partial charge in [0.15, 0.2) is 11.5 Å². The molecule has 33 heavy (non-hydrogen) atoms. The third-order valence-corrected chi connectivity index (χ3v) is 7.04. The van der Waals surface area contributed by atoms with E-state index in [9.17, 15) is 15.0 Å². The Morgan fingerprint density at radius 2 is 1.94 bits per heavy atom. The summed E-state index contributed by atoms with van der Waals surface area (Å²) < 4.78 is 11.8. The quantitative estimate of drug-likeness (QED) is 0.400. The van der Waals surface area contributed by atoms with E-state index < -0.39 is 11.2 Å². The van der Waals surface area contributed by atoms with Crippen LogP contribution in [0.4, 0.5) is 0 Å². The first-order valence-corrected chi connectivity index (χ1v) is 11.5. The van der Waals surface area contributed by atoms with E-state index in [0.717, 1.165) is 19.3 Å². The Morgan fingerprint density at radius 1 is 1.15 bits per heavy atom. The lowest BCUT2D eigenvalue weighted by Gasteiger charge is -2.42. The predicted octanol–water partition coefficient (Wildman–Crippen LogP) is 6.55. The van der Waals surface area contributed by atoms with E-state index in [2.05, 4.69) is 20.4 Å². The van der Waals surface area contributed by atoms with Crippen molar-refractivity contribution in [1.29, 1.82) is 0 Å². The van der Waals surface area contributed by atoms with Crippen LogP contribution in [0.15, 0.2) is 51.7 Å². The van der Waals surface area contributed by atoms with E-state index in [-0.39, 0.29) is 16.9 Å². The van der Waals surface area contributed by atoms with Crippen molar-refractivity contribution in [2.24, 2.45) is 11.3 Å². The number of hydrogen-bond donors (Lipinski definition) is 2. The monoisotopic (exact) mass is 448 g/mol. The lowest BCUT2D eigenvalue weighted by atomic mass is 9.64. The van der Waals surface area contributed by atoms with Crippen LogP contribution < -0.4 is 10.4 Å². The molecule has 0 amide bonds.